The Balaban J connectivity index is -0.00000104. The van der Waals surface area contributed by atoms with E-state index in [1.165, 1.54) is 100 Å². The van der Waals surface area contributed by atoms with Crippen LogP contribution in [0.1, 0.15) is 456 Å². The molecule has 0 aliphatic rings. The number of rotatable bonds is 18. The van der Waals surface area contributed by atoms with Crippen molar-refractivity contribution in [2.75, 3.05) is 0 Å². The van der Waals surface area contributed by atoms with Gasteiger partial charge in [-0.05, 0) is 207 Å². The van der Waals surface area contributed by atoms with Gasteiger partial charge in [0.1, 0.15) is 0 Å². The maximum atomic E-state index is 2.36. The molecule has 6 aromatic rings. The van der Waals surface area contributed by atoms with E-state index in [9.17, 15) is 0 Å². The van der Waals surface area contributed by atoms with Crippen LogP contribution in [-0.2, 0) is 0 Å². The summed E-state index contributed by atoms with van der Waals surface area (Å²) in [6, 6.07) is 42.5. The first-order valence-corrected chi connectivity index (χ1v) is 36.4. The molecule has 516 valence electrons. The van der Waals surface area contributed by atoms with Gasteiger partial charge in [0.2, 0.25) is 0 Å². The van der Waals surface area contributed by atoms with Crippen LogP contribution in [-0.4, -0.2) is 71.7 Å². The Bertz CT molecular complexity index is 2070. The number of benzene rings is 6. The van der Waals surface area contributed by atoms with E-state index >= 15 is 0 Å². The maximum Gasteiger partial charge on any atom is 0 e. The molecule has 3 heteroatoms. The molecule has 0 aliphatic carbocycles. The molecule has 12 radical (unpaired) electrons. The quantitative estimate of drug-likeness (QED) is 0.0753. The Morgan fingerprint density at radius 2 is 0.129 bits per heavy atom. The SMILES string of the molecule is CC(C)c1cc(C(C)C)cc(C(C)C)c1.CC(C)c1cc(C(C)C)cc(C(C)C)c1.CC(C)c1cc(C(C)C)cc(C(C)C)c1.CC(C)c1cc(C(C)C)cc(C(C)C)c1.CC(C)c1cc(C(C)C)cc(C(C)C)c1.CC(C)c1cc(C(C)C)cc(C(C)C)c1.[Sn].[Sn].[Sn]. The van der Waals surface area contributed by atoms with Gasteiger partial charge in [-0.15, -0.1) is 0 Å². The summed E-state index contributed by atoms with van der Waals surface area (Å²) in [4.78, 5) is 0. The standard InChI is InChI=1S/6C15H24.3Sn/c6*1-10(2)13-7-14(11(3)4)9-15(8-13)12(5)6;;;/h6*7-12H,1-6H3;;;. The van der Waals surface area contributed by atoms with Crippen molar-refractivity contribution in [2.24, 2.45) is 0 Å². The molecule has 0 nitrogen and oxygen atoms in total. The fourth-order valence-electron chi connectivity index (χ4n) is 10.2. The normalized spacial score (nSPS) is 11.4. The molecule has 0 heterocycles. The molecular weight excluding hydrogens is 1440 g/mol. The van der Waals surface area contributed by atoms with Gasteiger partial charge in [-0.25, -0.2) is 0 Å². The van der Waals surface area contributed by atoms with E-state index in [1.54, 1.807) is 0 Å². The fraction of sp³-hybridized carbons (Fsp3) is 0.600. The molecule has 0 aromatic heterocycles. The summed E-state index contributed by atoms with van der Waals surface area (Å²) < 4.78 is 0. The Kier molecular flexibility index (Phi) is 47.1. The summed E-state index contributed by atoms with van der Waals surface area (Å²) in [6.07, 6.45) is 0. The molecule has 0 N–H and O–H groups in total. The van der Waals surface area contributed by atoms with Crippen molar-refractivity contribution < 1.29 is 0 Å². The zero-order chi connectivity index (χ0) is 69.5. The van der Waals surface area contributed by atoms with Crippen LogP contribution in [0.4, 0.5) is 0 Å². The minimum Gasteiger partial charge on any atom is -0.0587 e. The van der Waals surface area contributed by atoms with Crippen LogP contribution in [0.15, 0.2) is 109 Å². The largest absolute Gasteiger partial charge is 0.0587 e. The van der Waals surface area contributed by atoms with E-state index in [-0.39, 0.29) is 71.7 Å². The molecule has 0 spiro atoms. The predicted molar refractivity (Wildman–Crippen MR) is 430 cm³/mol. The monoisotopic (exact) mass is 1580 g/mol. The van der Waals surface area contributed by atoms with Crippen LogP contribution in [0.25, 0.3) is 0 Å². The zero-order valence-corrected chi connectivity index (χ0v) is 75.8. The van der Waals surface area contributed by atoms with Crippen LogP contribution in [0.5, 0.6) is 0 Å². The summed E-state index contributed by atoms with van der Waals surface area (Å²) in [7, 11) is 0. The van der Waals surface area contributed by atoms with Gasteiger partial charge in [-0.2, -0.15) is 0 Å². The van der Waals surface area contributed by atoms with Crippen molar-refractivity contribution >= 4 is 71.7 Å². The minimum atomic E-state index is 0. The van der Waals surface area contributed by atoms with Gasteiger partial charge in [-0.3, -0.25) is 0 Å². The van der Waals surface area contributed by atoms with Crippen LogP contribution < -0.4 is 0 Å². The first kappa shape index (κ1) is 94.9. The van der Waals surface area contributed by atoms with Gasteiger partial charge >= 0.3 is 0 Å². The van der Waals surface area contributed by atoms with Crippen molar-refractivity contribution in [1.82, 2.24) is 0 Å². The molecule has 6 aromatic carbocycles. The molecule has 93 heavy (non-hydrogen) atoms. The van der Waals surface area contributed by atoms with Gasteiger partial charge < -0.3 is 0 Å². The molecule has 0 saturated heterocycles. The molecule has 0 atom stereocenters. The van der Waals surface area contributed by atoms with Gasteiger partial charge in [0, 0.05) is 71.7 Å². The summed E-state index contributed by atoms with van der Waals surface area (Å²) in [6.45, 7) is 81.6. The maximum absolute atomic E-state index is 2.36. The summed E-state index contributed by atoms with van der Waals surface area (Å²) in [5, 5.41) is 0. The topological polar surface area (TPSA) is 0 Å². The van der Waals surface area contributed by atoms with E-state index in [4.69, 9.17) is 0 Å². The molecule has 6 rings (SSSR count). The van der Waals surface area contributed by atoms with Gasteiger partial charge in [0.25, 0.3) is 0 Å². The average Bonchev–Trinajstić information content (AvgIpc) is 3.46. The second-order valence-corrected chi connectivity index (χ2v) is 32.4. The molecule has 0 bridgehead atoms. The number of hydrogen-bond acceptors (Lipinski definition) is 0. The van der Waals surface area contributed by atoms with Crippen LogP contribution >= 0.6 is 0 Å². The average molecular weight is 1580 g/mol. The van der Waals surface area contributed by atoms with Crippen molar-refractivity contribution in [3.05, 3.63) is 209 Å². The van der Waals surface area contributed by atoms with E-state index in [0.29, 0.717) is 107 Å². The van der Waals surface area contributed by atoms with Crippen molar-refractivity contribution in [3.63, 3.8) is 0 Å². The summed E-state index contributed by atoms with van der Waals surface area (Å²) >= 11 is 0. The third-order valence-electron chi connectivity index (χ3n) is 18.0. The first-order chi connectivity index (χ1) is 41.5. The predicted octanol–water partition coefficient (Wildman–Crippen LogP) is 29.2. The third-order valence-corrected chi connectivity index (χ3v) is 18.0. The first-order valence-electron chi connectivity index (χ1n) is 36.4. The van der Waals surface area contributed by atoms with E-state index in [2.05, 4.69) is 358 Å². The number of hydrogen-bond donors (Lipinski definition) is 0. The third kappa shape index (κ3) is 34.4. The smallest absolute Gasteiger partial charge is 0 e. The van der Waals surface area contributed by atoms with Gasteiger partial charge in [0.15, 0.2) is 0 Å². The van der Waals surface area contributed by atoms with Gasteiger partial charge in [-0.1, -0.05) is 358 Å². The Morgan fingerprint density at radius 3 is 0.151 bits per heavy atom. The Morgan fingerprint density at radius 1 is 0.0968 bits per heavy atom. The van der Waals surface area contributed by atoms with Crippen molar-refractivity contribution in [1.29, 1.82) is 0 Å². The van der Waals surface area contributed by atoms with E-state index in [0.717, 1.165) is 0 Å². The molecule has 0 unspecified atom stereocenters. The summed E-state index contributed by atoms with van der Waals surface area (Å²) in [5.74, 6) is 11.3. The van der Waals surface area contributed by atoms with Crippen LogP contribution in [0.2, 0.25) is 0 Å². The van der Waals surface area contributed by atoms with Crippen LogP contribution in [0, 0.1) is 0 Å². The summed E-state index contributed by atoms with van der Waals surface area (Å²) in [5.41, 5.74) is 26.6. The Hall–Kier alpha value is -2.28. The van der Waals surface area contributed by atoms with Crippen molar-refractivity contribution in [2.45, 2.75) is 356 Å². The fourth-order valence-corrected chi connectivity index (χ4v) is 10.2. The van der Waals surface area contributed by atoms with E-state index < -0.39 is 0 Å². The molecule has 0 saturated carbocycles. The van der Waals surface area contributed by atoms with Crippen LogP contribution in [0.3, 0.4) is 0 Å². The zero-order valence-electron chi connectivity index (χ0n) is 67.3. The second kappa shape index (κ2) is 46.1. The van der Waals surface area contributed by atoms with E-state index in [1.807, 2.05) is 0 Å². The Labute approximate surface area is 631 Å². The molecule has 0 aliphatic heterocycles. The van der Waals surface area contributed by atoms with Gasteiger partial charge in [0.05, 0.1) is 0 Å². The van der Waals surface area contributed by atoms with Crippen molar-refractivity contribution in [3.8, 4) is 0 Å². The molecule has 0 fully saturated rings. The molecule has 0 amide bonds. The second-order valence-electron chi connectivity index (χ2n) is 32.4. The minimum absolute atomic E-state index is 0. The molecular formula is C90H144Sn3.